The van der Waals surface area contributed by atoms with Crippen molar-refractivity contribution in [2.45, 2.75) is 17.9 Å². The van der Waals surface area contributed by atoms with E-state index in [0.29, 0.717) is 24.7 Å². The highest BCUT2D eigenvalue weighted by Gasteiger charge is 2.35. The average Bonchev–Trinajstić information content (AvgIpc) is 3.02. The molecule has 1 N–H and O–H groups in total. The van der Waals surface area contributed by atoms with Crippen LogP contribution in [0.25, 0.3) is 0 Å². The first-order valence-electron chi connectivity index (χ1n) is 6.74. The van der Waals surface area contributed by atoms with E-state index >= 15 is 0 Å². The van der Waals surface area contributed by atoms with Crippen LogP contribution in [0.15, 0.2) is 41.4 Å². The zero-order valence-corrected chi connectivity index (χ0v) is 12.5. The first kappa shape index (κ1) is 14.2. The number of rotatable bonds is 3. The lowest BCUT2D eigenvalue weighted by molar-refractivity contribution is 0.0306. The molecule has 7 heteroatoms. The van der Waals surface area contributed by atoms with Crippen LogP contribution in [0.4, 0.5) is 0 Å². The van der Waals surface area contributed by atoms with Gasteiger partial charge in [-0.2, -0.15) is 9.40 Å². The van der Waals surface area contributed by atoms with Gasteiger partial charge in [-0.1, -0.05) is 17.7 Å². The summed E-state index contributed by atoms with van der Waals surface area (Å²) in [7, 11) is -3.55. The van der Waals surface area contributed by atoms with Gasteiger partial charge >= 0.3 is 0 Å². The molecule has 0 bridgehead atoms. The van der Waals surface area contributed by atoms with E-state index in [0.717, 1.165) is 11.3 Å². The molecule has 112 valence electrons. The standard InChI is InChI=1S/C14H17N3O3S/c1-11-2-4-12(5-3-11)21(18,19)17-8-9-20-10-14(17)13-6-7-15-16-13/h2-7,14H,8-10H2,1H3,(H,15,16)/t14-/m0/s1. The summed E-state index contributed by atoms with van der Waals surface area (Å²) in [6.07, 6.45) is 1.61. The Morgan fingerprint density at radius 2 is 2.05 bits per heavy atom. The summed E-state index contributed by atoms with van der Waals surface area (Å²) in [6.45, 7) is 2.99. The minimum atomic E-state index is -3.55. The summed E-state index contributed by atoms with van der Waals surface area (Å²) in [5, 5.41) is 6.73. The highest BCUT2D eigenvalue weighted by atomic mass is 32.2. The van der Waals surface area contributed by atoms with Crippen molar-refractivity contribution in [1.82, 2.24) is 14.5 Å². The zero-order valence-electron chi connectivity index (χ0n) is 11.7. The summed E-state index contributed by atoms with van der Waals surface area (Å²) >= 11 is 0. The highest BCUT2D eigenvalue weighted by molar-refractivity contribution is 7.89. The highest BCUT2D eigenvalue weighted by Crippen LogP contribution is 2.29. The van der Waals surface area contributed by atoms with Crippen LogP contribution in [-0.2, 0) is 14.8 Å². The maximum absolute atomic E-state index is 12.8. The first-order valence-corrected chi connectivity index (χ1v) is 8.18. The maximum Gasteiger partial charge on any atom is 0.243 e. The zero-order chi connectivity index (χ0) is 14.9. The number of nitrogens with zero attached hydrogens (tertiary/aromatic N) is 2. The summed E-state index contributed by atoms with van der Waals surface area (Å²) in [5.74, 6) is 0. The molecule has 1 aromatic heterocycles. The van der Waals surface area contributed by atoms with E-state index in [-0.39, 0.29) is 6.04 Å². The number of sulfonamides is 1. The van der Waals surface area contributed by atoms with Gasteiger partial charge in [0.25, 0.3) is 0 Å². The molecule has 1 fully saturated rings. The summed E-state index contributed by atoms with van der Waals surface area (Å²) < 4.78 is 32.6. The van der Waals surface area contributed by atoms with E-state index in [9.17, 15) is 8.42 Å². The molecule has 1 atom stereocenters. The summed E-state index contributed by atoms with van der Waals surface area (Å²) in [4.78, 5) is 0.305. The molecular formula is C14H17N3O3S. The Morgan fingerprint density at radius 1 is 1.29 bits per heavy atom. The number of hydrogen-bond donors (Lipinski definition) is 1. The van der Waals surface area contributed by atoms with Crippen LogP contribution in [0, 0.1) is 6.92 Å². The molecule has 1 aliphatic rings. The molecular weight excluding hydrogens is 290 g/mol. The maximum atomic E-state index is 12.8. The fraction of sp³-hybridized carbons (Fsp3) is 0.357. The Labute approximate surface area is 123 Å². The quantitative estimate of drug-likeness (QED) is 0.932. The molecule has 6 nitrogen and oxygen atoms in total. The number of hydrogen-bond acceptors (Lipinski definition) is 4. The van der Waals surface area contributed by atoms with E-state index in [4.69, 9.17) is 4.74 Å². The predicted octanol–water partition coefficient (Wildman–Crippen LogP) is 1.48. The number of morpholine rings is 1. The number of aryl methyl sites for hydroxylation is 1. The molecule has 3 rings (SSSR count). The fourth-order valence-corrected chi connectivity index (χ4v) is 3.99. The van der Waals surface area contributed by atoms with Crippen molar-refractivity contribution < 1.29 is 13.2 Å². The number of nitrogens with one attached hydrogen (secondary N) is 1. The van der Waals surface area contributed by atoms with Gasteiger partial charge in [0.2, 0.25) is 10.0 Å². The van der Waals surface area contributed by atoms with Crippen molar-refractivity contribution in [3.05, 3.63) is 47.8 Å². The van der Waals surface area contributed by atoms with E-state index < -0.39 is 10.0 Å². The SMILES string of the molecule is Cc1ccc(S(=O)(=O)N2CCOC[C@H]2c2ccn[nH]2)cc1. The minimum absolute atomic E-state index is 0.305. The lowest BCUT2D eigenvalue weighted by Gasteiger charge is -2.33. The Kier molecular flexibility index (Phi) is 3.79. The Hall–Kier alpha value is -1.70. The first-order chi connectivity index (χ1) is 10.1. The third kappa shape index (κ3) is 2.72. The Bertz CT molecular complexity index is 696. The van der Waals surface area contributed by atoms with Crippen LogP contribution < -0.4 is 0 Å². The van der Waals surface area contributed by atoms with E-state index in [1.807, 2.05) is 6.92 Å². The van der Waals surface area contributed by atoms with Crippen LogP contribution in [0.3, 0.4) is 0 Å². The largest absolute Gasteiger partial charge is 0.378 e. The van der Waals surface area contributed by atoms with E-state index in [1.54, 1.807) is 36.5 Å². The van der Waals surface area contributed by atoms with Gasteiger partial charge in [-0.25, -0.2) is 8.42 Å². The second-order valence-electron chi connectivity index (χ2n) is 5.03. The van der Waals surface area contributed by atoms with Gasteiger partial charge in [-0.05, 0) is 25.1 Å². The van der Waals surface area contributed by atoms with Crippen molar-refractivity contribution in [2.24, 2.45) is 0 Å². The smallest absolute Gasteiger partial charge is 0.243 e. The molecule has 1 saturated heterocycles. The molecule has 21 heavy (non-hydrogen) atoms. The van der Waals surface area contributed by atoms with Gasteiger partial charge < -0.3 is 4.74 Å². The molecule has 0 aliphatic carbocycles. The van der Waals surface area contributed by atoms with Crippen LogP contribution in [0.2, 0.25) is 0 Å². The lowest BCUT2D eigenvalue weighted by atomic mass is 10.2. The number of benzene rings is 1. The molecule has 0 saturated carbocycles. The van der Waals surface area contributed by atoms with Crippen LogP contribution in [0.5, 0.6) is 0 Å². The van der Waals surface area contributed by atoms with Gasteiger partial charge in [0.1, 0.15) is 0 Å². The van der Waals surface area contributed by atoms with Crippen LogP contribution in [-0.4, -0.2) is 42.7 Å². The van der Waals surface area contributed by atoms with Gasteiger partial charge in [-0.15, -0.1) is 0 Å². The minimum Gasteiger partial charge on any atom is -0.378 e. The second-order valence-corrected chi connectivity index (χ2v) is 6.92. The third-order valence-corrected chi connectivity index (χ3v) is 5.51. The number of aromatic amines is 1. The van der Waals surface area contributed by atoms with Crippen molar-refractivity contribution >= 4 is 10.0 Å². The number of H-pyrrole nitrogens is 1. The van der Waals surface area contributed by atoms with Crippen molar-refractivity contribution in [3.8, 4) is 0 Å². The van der Waals surface area contributed by atoms with E-state index in [1.165, 1.54) is 4.31 Å². The average molecular weight is 307 g/mol. The topological polar surface area (TPSA) is 75.3 Å². The molecule has 1 aromatic carbocycles. The normalized spacial score (nSPS) is 20.5. The molecule has 0 radical (unpaired) electrons. The van der Waals surface area contributed by atoms with Crippen molar-refractivity contribution in [3.63, 3.8) is 0 Å². The lowest BCUT2D eigenvalue weighted by Crippen LogP contribution is -2.43. The predicted molar refractivity (Wildman–Crippen MR) is 77.2 cm³/mol. The van der Waals surface area contributed by atoms with Crippen molar-refractivity contribution in [2.75, 3.05) is 19.8 Å². The van der Waals surface area contributed by atoms with Gasteiger partial charge in [-0.3, -0.25) is 5.10 Å². The summed E-state index contributed by atoms with van der Waals surface area (Å²) in [6, 6.07) is 8.30. The van der Waals surface area contributed by atoms with Crippen LogP contribution in [0.1, 0.15) is 17.3 Å². The molecule has 1 aliphatic heterocycles. The molecule has 0 amide bonds. The van der Waals surface area contributed by atoms with Crippen LogP contribution >= 0.6 is 0 Å². The fourth-order valence-electron chi connectivity index (χ4n) is 2.42. The molecule has 0 spiro atoms. The van der Waals surface area contributed by atoms with E-state index in [2.05, 4.69) is 10.2 Å². The van der Waals surface area contributed by atoms with Gasteiger partial charge in [0.05, 0.1) is 29.8 Å². The van der Waals surface area contributed by atoms with Gasteiger partial charge in [0, 0.05) is 12.7 Å². The molecule has 0 unspecified atom stereocenters. The number of aromatic nitrogens is 2. The van der Waals surface area contributed by atoms with Gasteiger partial charge in [0.15, 0.2) is 0 Å². The third-order valence-electron chi connectivity index (χ3n) is 3.59. The monoisotopic (exact) mass is 307 g/mol. The van der Waals surface area contributed by atoms with Crippen molar-refractivity contribution in [1.29, 1.82) is 0 Å². The Morgan fingerprint density at radius 3 is 2.71 bits per heavy atom. The second kappa shape index (κ2) is 5.59. The summed E-state index contributed by atoms with van der Waals surface area (Å²) in [5.41, 5.74) is 1.77. The molecule has 2 heterocycles. The molecule has 2 aromatic rings. The number of ether oxygens (including phenoxy) is 1. The Balaban J connectivity index is 1.97.